The van der Waals surface area contributed by atoms with Crippen molar-refractivity contribution in [3.63, 3.8) is 0 Å². The van der Waals surface area contributed by atoms with Gasteiger partial charge in [-0.05, 0) is 41.5 Å². The normalized spacial score (nSPS) is 13.4. The lowest BCUT2D eigenvalue weighted by molar-refractivity contribution is -0.130. The molecular formula is C27H37BClN3O6. The molecule has 0 aliphatic carbocycles. The van der Waals surface area contributed by atoms with Crippen LogP contribution in [-0.2, 0) is 27.4 Å². The van der Waals surface area contributed by atoms with Gasteiger partial charge >= 0.3 is 13.2 Å². The Balaban J connectivity index is 2.19. The topological polar surface area (TPSA) is 137 Å². The molecule has 0 aliphatic rings. The van der Waals surface area contributed by atoms with Gasteiger partial charge in [-0.15, -0.1) is 0 Å². The number of carbonyl (C=O) groups is 3. The number of alkyl carbamates (subject to hydrolysis) is 1. The Labute approximate surface area is 229 Å². The van der Waals surface area contributed by atoms with Crippen molar-refractivity contribution in [3.05, 3.63) is 70.7 Å². The molecule has 38 heavy (non-hydrogen) atoms. The predicted octanol–water partition coefficient (Wildman–Crippen LogP) is 2.86. The molecule has 3 amide bonds. The predicted molar refractivity (Wildman–Crippen MR) is 147 cm³/mol. The second-order valence-corrected chi connectivity index (χ2v) is 10.4. The van der Waals surface area contributed by atoms with E-state index in [0.717, 1.165) is 5.56 Å². The summed E-state index contributed by atoms with van der Waals surface area (Å²) in [4.78, 5) is 39.1. The fraction of sp³-hybridized carbons (Fsp3) is 0.444. The summed E-state index contributed by atoms with van der Waals surface area (Å²) in [6.45, 7) is 7.31. The van der Waals surface area contributed by atoms with Gasteiger partial charge in [0.2, 0.25) is 11.8 Å². The van der Waals surface area contributed by atoms with E-state index in [-0.39, 0.29) is 24.9 Å². The Bertz CT molecular complexity index is 1050. The van der Waals surface area contributed by atoms with E-state index in [1.54, 1.807) is 38.1 Å². The molecule has 0 spiro atoms. The molecule has 0 bridgehead atoms. The van der Waals surface area contributed by atoms with E-state index in [1.807, 2.05) is 44.2 Å². The molecule has 0 saturated heterocycles. The monoisotopic (exact) mass is 545 g/mol. The molecule has 206 valence electrons. The van der Waals surface area contributed by atoms with Crippen LogP contribution in [0.25, 0.3) is 0 Å². The van der Waals surface area contributed by atoms with Gasteiger partial charge in [0.1, 0.15) is 18.7 Å². The first-order valence-electron chi connectivity index (χ1n) is 12.6. The fourth-order valence-corrected chi connectivity index (χ4v) is 4.05. The zero-order chi connectivity index (χ0) is 28.2. The van der Waals surface area contributed by atoms with Crippen LogP contribution >= 0.6 is 11.6 Å². The van der Waals surface area contributed by atoms with Crippen LogP contribution in [0.1, 0.15) is 45.2 Å². The van der Waals surface area contributed by atoms with Crippen LogP contribution in [0.3, 0.4) is 0 Å². The Kier molecular flexibility index (Phi) is 12.6. The highest BCUT2D eigenvalue weighted by Crippen LogP contribution is 2.14. The van der Waals surface area contributed by atoms with Crippen LogP contribution in [0.5, 0.6) is 0 Å². The summed E-state index contributed by atoms with van der Waals surface area (Å²) in [5.74, 6) is -2.27. The first kappa shape index (κ1) is 31.1. The van der Waals surface area contributed by atoms with Gasteiger partial charge in [-0.3, -0.25) is 9.59 Å². The van der Waals surface area contributed by atoms with Crippen molar-refractivity contribution in [1.29, 1.82) is 0 Å². The molecule has 0 aliphatic heterocycles. The number of rotatable bonds is 13. The summed E-state index contributed by atoms with van der Waals surface area (Å²) in [7, 11) is -1.76. The van der Waals surface area contributed by atoms with Crippen LogP contribution in [0.2, 0.25) is 5.02 Å². The molecule has 2 aromatic rings. The standard InChI is InChI=1S/C27H37BClN3O6/c1-17(2)13-22(26(34)32-24(18(3)4)28(36)37)30-25(33)23(15-20-11-8-12-21(29)14-20)31-27(35)38-16-19-9-6-5-7-10-19/h5-12,14,17-18,22-24,36-37H,13,15-16H2,1-4H3,(H,30,33)(H,31,35)(H,32,34)/t22-,23-,24-/m0/s1. The quantitative estimate of drug-likeness (QED) is 0.246. The Morgan fingerprint density at radius 2 is 1.50 bits per heavy atom. The maximum atomic E-state index is 13.4. The van der Waals surface area contributed by atoms with E-state index < -0.39 is 43.1 Å². The summed E-state index contributed by atoms with van der Waals surface area (Å²) < 4.78 is 5.30. The molecule has 0 aromatic heterocycles. The number of hydrogen-bond donors (Lipinski definition) is 5. The minimum Gasteiger partial charge on any atom is -0.445 e. The molecule has 0 unspecified atom stereocenters. The average molecular weight is 546 g/mol. The maximum Gasteiger partial charge on any atom is 0.475 e. The molecule has 11 heteroatoms. The van der Waals surface area contributed by atoms with Crippen molar-refractivity contribution in [2.45, 2.75) is 65.2 Å². The first-order valence-corrected chi connectivity index (χ1v) is 13.0. The second kappa shape index (κ2) is 15.4. The minimum absolute atomic E-state index is 0.0244. The van der Waals surface area contributed by atoms with Crippen molar-refractivity contribution in [2.75, 3.05) is 0 Å². The molecule has 3 atom stereocenters. The highest BCUT2D eigenvalue weighted by molar-refractivity contribution is 6.43. The van der Waals surface area contributed by atoms with Gasteiger partial charge in [0.05, 0.1) is 5.94 Å². The zero-order valence-electron chi connectivity index (χ0n) is 22.2. The third kappa shape index (κ3) is 10.7. The zero-order valence-corrected chi connectivity index (χ0v) is 22.9. The van der Waals surface area contributed by atoms with Crippen molar-refractivity contribution in [1.82, 2.24) is 16.0 Å². The summed E-state index contributed by atoms with van der Waals surface area (Å²) in [6, 6.07) is 14.0. The Morgan fingerprint density at radius 3 is 2.08 bits per heavy atom. The number of carbonyl (C=O) groups excluding carboxylic acids is 3. The molecular weight excluding hydrogens is 509 g/mol. The molecule has 9 nitrogen and oxygen atoms in total. The van der Waals surface area contributed by atoms with Gasteiger partial charge in [0.15, 0.2) is 0 Å². The first-order chi connectivity index (χ1) is 18.0. The van der Waals surface area contributed by atoms with Crippen molar-refractivity contribution in [2.24, 2.45) is 11.8 Å². The summed E-state index contributed by atoms with van der Waals surface area (Å²) in [6.07, 6.45) is -0.386. The van der Waals surface area contributed by atoms with Gasteiger partial charge in [0.25, 0.3) is 0 Å². The molecule has 0 heterocycles. The number of nitrogens with one attached hydrogen (secondary N) is 3. The van der Waals surface area contributed by atoms with Crippen LogP contribution in [0, 0.1) is 11.8 Å². The van der Waals surface area contributed by atoms with E-state index >= 15 is 0 Å². The SMILES string of the molecule is CC(C)C[C@H](NC(=O)[C@H](Cc1cccc(Cl)c1)NC(=O)OCc1ccccc1)C(=O)N[C@H](B(O)O)C(C)C. The lowest BCUT2D eigenvalue weighted by Crippen LogP contribution is -2.58. The van der Waals surface area contributed by atoms with Gasteiger partial charge in [-0.2, -0.15) is 0 Å². The molecule has 5 N–H and O–H groups in total. The number of hydrogen-bond acceptors (Lipinski definition) is 6. The fourth-order valence-electron chi connectivity index (χ4n) is 3.84. The molecule has 0 fully saturated rings. The van der Waals surface area contributed by atoms with Crippen molar-refractivity contribution in [3.8, 4) is 0 Å². The second-order valence-electron chi connectivity index (χ2n) is 9.98. The van der Waals surface area contributed by atoms with Gasteiger partial charge < -0.3 is 30.7 Å². The van der Waals surface area contributed by atoms with Crippen LogP contribution < -0.4 is 16.0 Å². The van der Waals surface area contributed by atoms with Gasteiger partial charge in [-0.25, -0.2) is 4.79 Å². The lowest BCUT2D eigenvalue weighted by Gasteiger charge is -2.27. The minimum atomic E-state index is -1.76. The van der Waals surface area contributed by atoms with E-state index in [1.165, 1.54) is 0 Å². The molecule has 0 saturated carbocycles. The van der Waals surface area contributed by atoms with Gasteiger partial charge in [-0.1, -0.05) is 81.8 Å². The largest absolute Gasteiger partial charge is 0.475 e. The summed E-state index contributed by atoms with van der Waals surface area (Å²) in [5.41, 5.74) is 1.49. The third-order valence-corrected chi connectivity index (χ3v) is 6.07. The number of halogens is 1. The third-order valence-electron chi connectivity index (χ3n) is 5.84. The number of benzene rings is 2. The summed E-state index contributed by atoms with van der Waals surface area (Å²) >= 11 is 6.11. The molecule has 2 rings (SSSR count). The van der Waals surface area contributed by atoms with Crippen molar-refractivity contribution < 1.29 is 29.2 Å². The molecule has 0 radical (unpaired) electrons. The van der Waals surface area contributed by atoms with E-state index in [0.29, 0.717) is 17.0 Å². The van der Waals surface area contributed by atoms with Crippen LogP contribution in [0.4, 0.5) is 4.79 Å². The summed E-state index contributed by atoms with van der Waals surface area (Å²) in [5, 5.41) is 27.8. The van der Waals surface area contributed by atoms with E-state index in [4.69, 9.17) is 16.3 Å². The highest BCUT2D eigenvalue weighted by Gasteiger charge is 2.33. The van der Waals surface area contributed by atoms with Gasteiger partial charge in [0, 0.05) is 11.4 Å². The van der Waals surface area contributed by atoms with Crippen molar-refractivity contribution >= 4 is 36.6 Å². The molecule has 2 aromatic carbocycles. The Hall–Kier alpha value is -3.08. The van der Waals surface area contributed by atoms with E-state index in [2.05, 4.69) is 16.0 Å². The van der Waals surface area contributed by atoms with E-state index in [9.17, 15) is 24.4 Å². The average Bonchev–Trinajstić information content (AvgIpc) is 2.85. The Morgan fingerprint density at radius 1 is 0.868 bits per heavy atom. The van der Waals surface area contributed by atoms with Crippen LogP contribution in [0.15, 0.2) is 54.6 Å². The smallest absolute Gasteiger partial charge is 0.445 e. The lowest BCUT2D eigenvalue weighted by atomic mass is 9.73. The van der Waals surface area contributed by atoms with Crippen LogP contribution in [-0.4, -0.2) is 53.1 Å². The maximum absolute atomic E-state index is 13.4. The highest BCUT2D eigenvalue weighted by atomic mass is 35.5. The number of ether oxygens (including phenoxy) is 1. The number of amides is 3.